The number of alkyl halides is 3. The average Bonchev–Trinajstić information content (AvgIpc) is 3.14. The second-order valence-corrected chi connectivity index (χ2v) is 10.4. The Labute approximate surface area is 213 Å². The van der Waals surface area contributed by atoms with Gasteiger partial charge in [-0.3, -0.25) is 0 Å². The molecule has 0 radical (unpaired) electrons. The Bertz CT molecular complexity index is 1310. The van der Waals surface area contributed by atoms with Gasteiger partial charge in [-0.2, -0.15) is 13.2 Å². The highest BCUT2D eigenvalue weighted by molar-refractivity contribution is 7.98. The van der Waals surface area contributed by atoms with E-state index in [1.54, 1.807) is 37.1 Å². The first-order chi connectivity index (χ1) is 17.3. The van der Waals surface area contributed by atoms with Crippen molar-refractivity contribution in [2.75, 3.05) is 43.6 Å². The Morgan fingerprint density at radius 3 is 2.64 bits per heavy atom. The molecule has 190 valence electrons. The van der Waals surface area contributed by atoms with Crippen LogP contribution in [0.25, 0.3) is 10.9 Å². The van der Waals surface area contributed by atoms with Gasteiger partial charge in [-0.1, -0.05) is 12.0 Å². The zero-order valence-corrected chi connectivity index (χ0v) is 21.1. The standard InChI is InChI=1S/C27H29F3N4OS/c1-35-25-12-20(36-2)8-9-23(25)32-10-4-5-19-11-21-22(33-18-13-26(14-18)15-31-16-26)6-3-7-24(21)34(19)17-27(28,29)30/h3,6-9,11-12,18,31-33H,10,13-17H2,1-2H3. The van der Waals surface area contributed by atoms with Crippen LogP contribution in [0.5, 0.6) is 5.75 Å². The van der Waals surface area contributed by atoms with Crippen LogP contribution in [-0.2, 0) is 6.54 Å². The summed E-state index contributed by atoms with van der Waals surface area (Å²) in [5.41, 5.74) is 2.93. The molecule has 2 aromatic carbocycles. The zero-order chi connectivity index (χ0) is 25.3. The summed E-state index contributed by atoms with van der Waals surface area (Å²) < 4.78 is 47.1. The van der Waals surface area contributed by atoms with Gasteiger partial charge in [-0.15, -0.1) is 11.8 Å². The van der Waals surface area contributed by atoms with Crippen molar-refractivity contribution in [1.82, 2.24) is 9.88 Å². The summed E-state index contributed by atoms with van der Waals surface area (Å²) in [7, 11) is 1.60. The third kappa shape index (κ3) is 5.11. The first kappa shape index (κ1) is 24.7. The maximum absolute atomic E-state index is 13.5. The summed E-state index contributed by atoms with van der Waals surface area (Å²) in [6, 6.07) is 13.4. The summed E-state index contributed by atoms with van der Waals surface area (Å²) in [5.74, 6) is 6.65. The molecule has 3 N–H and O–H groups in total. The molecule has 1 aliphatic carbocycles. The Hall–Kier alpha value is -2.96. The fourth-order valence-electron chi connectivity index (χ4n) is 5.16. The zero-order valence-electron chi connectivity index (χ0n) is 20.3. The molecule has 3 aromatic rings. The Morgan fingerprint density at radius 1 is 1.17 bits per heavy atom. The maximum atomic E-state index is 13.5. The lowest BCUT2D eigenvalue weighted by Crippen LogP contribution is -2.63. The molecule has 2 fully saturated rings. The average molecular weight is 515 g/mol. The molecule has 0 unspecified atom stereocenters. The van der Waals surface area contributed by atoms with Gasteiger partial charge in [0, 0.05) is 35.1 Å². The Morgan fingerprint density at radius 2 is 1.97 bits per heavy atom. The van der Waals surface area contributed by atoms with E-state index < -0.39 is 12.7 Å². The van der Waals surface area contributed by atoms with Gasteiger partial charge in [0.05, 0.1) is 30.6 Å². The van der Waals surface area contributed by atoms with Crippen LogP contribution in [0.4, 0.5) is 24.5 Å². The molecule has 1 saturated carbocycles. The van der Waals surface area contributed by atoms with Gasteiger partial charge in [0.15, 0.2) is 0 Å². The fourth-order valence-corrected chi connectivity index (χ4v) is 5.59. The topological polar surface area (TPSA) is 50.2 Å². The minimum absolute atomic E-state index is 0.270. The van der Waals surface area contributed by atoms with Gasteiger partial charge >= 0.3 is 6.18 Å². The van der Waals surface area contributed by atoms with Crippen LogP contribution in [0.2, 0.25) is 0 Å². The van der Waals surface area contributed by atoms with Crippen LogP contribution >= 0.6 is 11.8 Å². The predicted octanol–water partition coefficient (Wildman–Crippen LogP) is 5.56. The van der Waals surface area contributed by atoms with Crippen LogP contribution in [0.15, 0.2) is 47.4 Å². The maximum Gasteiger partial charge on any atom is 0.406 e. The highest BCUT2D eigenvalue weighted by atomic mass is 32.2. The molecular weight excluding hydrogens is 485 g/mol. The van der Waals surface area contributed by atoms with Crippen LogP contribution in [0.1, 0.15) is 18.5 Å². The van der Waals surface area contributed by atoms with E-state index in [9.17, 15) is 13.2 Å². The fraction of sp³-hybridized carbons (Fsp3) is 0.407. The lowest BCUT2D eigenvalue weighted by molar-refractivity contribution is -0.140. The highest BCUT2D eigenvalue weighted by Gasteiger charge is 2.48. The van der Waals surface area contributed by atoms with Gasteiger partial charge < -0.3 is 25.3 Å². The molecule has 0 bridgehead atoms. The van der Waals surface area contributed by atoms with E-state index in [1.165, 1.54) is 4.57 Å². The molecule has 36 heavy (non-hydrogen) atoms. The number of nitrogens with one attached hydrogen (secondary N) is 3. The number of hydrogen-bond acceptors (Lipinski definition) is 5. The molecular formula is C27H29F3N4OS. The third-order valence-electron chi connectivity index (χ3n) is 6.99. The summed E-state index contributed by atoms with van der Waals surface area (Å²) >= 11 is 1.62. The number of rotatable bonds is 7. The number of methoxy groups -OCH3 is 1. The summed E-state index contributed by atoms with van der Waals surface area (Å²) in [5, 5.41) is 10.9. The first-order valence-corrected chi connectivity index (χ1v) is 13.1. The minimum Gasteiger partial charge on any atom is -0.495 e. The molecule has 1 aromatic heterocycles. The van der Waals surface area contributed by atoms with Crippen molar-refractivity contribution in [2.24, 2.45) is 5.41 Å². The SMILES string of the molecule is COc1cc(SC)ccc1NCC#Cc1cc2c(NC3CC4(CNC4)C3)cccc2n1CC(F)(F)F. The number of fused-ring (bicyclic) bond motifs is 1. The second kappa shape index (κ2) is 9.83. The summed E-state index contributed by atoms with van der Waals surface area (Å²) in [6.07, 6.45) is -0.199. The largest absolute Gasteiger partial charge is 0.495 e. The number of benzene rings is 2. The van der Waals surface area contributed by atoms with E-state index in [1.807, 2.05) is 30.5 Å². The molecule has 2 heterocycles. The van der Waals surface area contributed by atoms with Crippen molar-refractivity contribution >= 4 is 34.0 Å². The normalized spacial score (nSPS) is 16.7. The van der Waals surface area contributed by atoms with Crippen LogP contribution in [-0.4, -0.2) is 49.8 Å². The lowest BCUT2D eigenvalue weighted by Gasteiger charge is -2.54. The number of hydrogen-bond donors (Lipinski definition) is 3. The number of thioether (sulfide) groups is 1. The Kier molecular flexibility index (Phi) is 6.75. The summed E-state index contributed by atoms with van der Waals surface area (Å²) in [6.45, 7) is 1.29. The van der Waals surface area contributed by atoms with Crippen molar-refractivity contribution in [3.8, 4) is 17.6 Å². The van der Waals surface area contributed by atoms with Gasteiger partial charge in [0.1, 0.15) is 12.3 Å². The van der Waals surface area contributed by atoms with E-state index in [2.05, 4.69) is 27.8 Å². The molecule has 1 aliphatic heterocycles. The van der Waals surface area contributed by atoms with Gasteiger partial charge in [0.25, 0.3) is 0 Å². The van der Waals surface area contributed by atoms with Gasteiger partial charge in [0.2, 0.25) is 0 Å². The number of anilines is 2. The van der Waals surface area contributed by atoms with E-state index in [-0.39, 0.29) is 6.54 Å². The molecule has 0 amide bonds. The van der Waals surface area contributed by atoms with E-state index in [0.29, 0.717) is 28.4 Å². The number of ether oxygens (including phenoxy) is 1. The van der Waals surface area contributed by atoms with Crippen molar-refractivity contribution in [1.29, 1.82) is 0 Å². The van der Waals surface area contributed by atoms with Gasteiger partial charge in [-0.05, 0) is 66.8 Å². The van der Waals surface area contributed by atoms with E-state index in [4.69, 9.17) is 4.74 Å². The van der Waals surface area contributed by atoms with E-state index >= 15 is 0 Å². The van der Waals surface area contributed by atoms with Crippen LogP contribution in [0.3, 0.4) is 0 Å². The molecule has 2 aliphatic rings. The minimum atomic E-state index is -4.35. The van der Waals surface area contributed by atoms with Crippen LogP contribution < -0.4 is 20.7 Å². The van der Waals surface area contributed by atoms with Crippen LogP contribution in [0, 0.1) is 17.3 Å². The van der Waals surface area contributed by atoms with Crippen molar-refractivity contribution < 1.29 is 17.9 Å². The predicted molar refractivity (Wildman–Crippen MR) is 140 cm³/mol. The molecule has 5 rings (SSSR count). The number of nitrogens with zero attached hydrogens (tertiary/aromatic N) is 1. The smallest absolute Gasteiger partial charge is 0.406 e. The molecule has 1 saturated heterocycles. The number of aromatic nitrogens is 1. The lowest BCUT2D eigenvalue weighted by atomic mass is 9.61. The molecule has 9 heteroatoms. The first-order valence-electron chi connectivity index (χ1n) is 11.9. The highest BCUT2D eigenvalue weighted by Crippen LogP contribution is 2.46. The quantitative estimate of drug-likeness (QED) is 0.285. The summed E-state index contributed by atoms with van der Waals surface area (Å²) in [4.78, 5) is 1.07. The van der Waals surface area contributed by atoms with E-state index in [0.717, 1.165) is 47.6 Å². The number of halogens is 3. The van der Waals surface area contributed by atoms with Crippen molar-refractivity contribution in [2.45, 2.75) is 36.5 Å². The van der Waals surface area contributed by atoms with Crippen molar-refractivity contribution in [3.63, 3.8) is 0 Å². The molecule has 1 spiro atoms. The molecule has 0 atom stereocenters. The van der Waals surface area contributed by atoms with Crippen molar-refractivity contribution in [3.05, 3.63) is 48.2 Å². The third-order valence-corrected chi connectivity index (χ3v) is 7.72. The molecule has 5 nitrogen and oxygen atoms in total. The second-order valence-electron chi connectivity index (χ2n) is 9.54. The van der Waals surface area contributed by atoms with Gasteiger partial charge in [-0.25, -0.2) is 0 Å². The Balaban J connectivity index is 1.37. The monoisotopic (exact) mass is 514 g/mol.